The van der Waals surface area contributed by atoms with E-state index in [-0.39, 0.29) is 30.7 Å². The third kappa shape index (κ3) is 3.72. The van der Waals surface area contributed by atoms with E-state index in [1.807, 2.05) is 0 Å². The molecule has 19 heavy (non-hydrogen) atoms. The topological polar surface area (TPSA) is 63.6 Å². The molecule has 0 spiro atoms. The molecule has 1 unspecified atom stereocenters. The summed E-state index contributed by atoms with van der Waals surface area (Å²) in [6.45, 7) is -0.194. The fraction of sp³-hybridized carbons (Fsp3) is 0.385. The van der Waals surface area contributed by atoms with Gasteiger partial charge in [0.05, 0.1) is 13.0 Å². The summed E-state index contributed by atoms with van der Waals surface area (Å²) in [5.74, 6) is -0.395. The van der Waals surface area contributed by atoms with E-state index < -0.39 is 5.97 Å². The second-order valence-corrected chi connectivity index (χ2v) is 5.93. The van der Waals surface area contributed by atoms with Gasteiger partial charge in [0.15, 0.2) is 5.78 Å². The molecule has 4 nitrogen and oxygen atoms in total. The Morgan fingerprint density at radius 2 is 2.32 bits per heavy atom. The van der Waals surface area contributed by atoms with Gasteiger partial charge in [0.2, 0.25) is 0 Å². The molecule has 6 heteroatoms. The van der Waals surface area contributed by atoms with Crippen molar-refractivity contribution in [2.24, 2.45) is 0 Å². The van der Waals surface area contributed by atoms with Crippen LogP contribution in [-0.4, -0.2) is 35.3 Å². The molecular formula is C13H13ClO4S. The van der Waals surface area contributed by atoms with Gasteiger partial charge in [-0.15, -0.1) is 11.8 Å². The van der Waals surface area contributed by atoms with Crippen molar-refractivity contribution in [1.29, 1.82) is 0 Å². The van der Waals surface area contributed by atoms with E-state index in [9.17, 15) is 9.59 Å². The number of carbonyl (C=O) groups excluding carboxylic acids is 2. The molecule has 2 rings (SSSR count). The van der Waals surface area contributed by atoms with Crippen LogP contribution in [0.4, 0.5) is 0 Å². The smallest absolute Gasteiger partial charge is 0.307 e. The Morgan fingerprint density at radius 1 is 1.53 bits per heavy atom. The van der Waals surface area contributed by atoms with Gasteiger partial charge in [-0.1, -0.05) is 11.6 Å². The zero-order chi connectivity index (χ0) is 13.8. The van der Waals surface area contributed by atoms with Crippen molar-refractivity contribution in [3.8, 4) is 0 Å². The van der Waals surface area contributed by atoms with Crippen molar-refractivity contribution in [1.82, 2.24) is 0 Å². The number of Topliss-reactive ketones (excluding diaryl/α,β-unsaturated/α-hetero) is 1. The first kappa shape index (κ1) is 14.4. The largest absolute Gasteiger partial charge is 0.463 e. The number of ether oxygens (including phenoxy) is 1. The number of aliphatic hydroxyl groups excluding tert-OH is 1. The first-order chi connectivity index (χ1) is 9.10. The van der Waals surface area contributed by atoms with Crippen molar-refractivity contribution in [2.45, 2.75) is 23.0 Å². The average Bonchev–Trinajstić information content (AvgIpc) is 2.37. The van der Waals surface area contributed by atoms with Crippen LogP contribution in [0.3, 0.4) is 0 Å². The number of halogens is 1. The molecular weight excluding hydrogens is 288 g/mol. The zero-order valence-electron chi connectivity index (χ0n) is 10.1. The minimum Gasteiger partial charge on any atom is -0.463 e. The molecule has 0 bridgehead atoms. The summed E-state index contributed by atoms with van der Waals surface area (Å²) in [6.07, 6.45) is 0.463. The molecule has 0 aliphatic carbocycles. The monoisotopic (exact) mass is 300 g/mol. The lowest BCUT2D eigenvalue weighted by molar-refractivity contribution is -0.144. The minimum absolute atomic E-state index is 0.00351. The average molecular weight is 301 g/mol. The van der Waals surface area contributed by atoms with Crippen molar-refractivity contribution in [2.75, 3.05) is 13.2 Å². The van der Waals surface area contributed by atoms with Gasteiger partial charge >= 0.3 is 5.97 Å². The highest BCUT2D eigenvalue weighted by molar-refractivity contribution is 8.00. The highest BCUT2D eigenvalue weighted by Gasteiger charge is 2.28. The van der Waals surface area contributed by atoms with Crippen LogP contribution in [0.1, 0.15) is 23.2 Å². The Bertz CT molecular complexity index is 503. The number of hydrogen-bond donors (Lipinski definition) is 1. The number of hydrogen-bond acceptors (Lipinski definition) is 5. The van der Waals surface area contributed by atoms with Gasteiger partial charge in [0.1, 0.15) is 6.61 Å². The quantitative estimate of drug-likeness (QED) is 0.865. The van der Waals surface area contributed by atoms with Gasteiger partial charge in [-0.3, -0.25) is 9.59 Å². The summed E-state index contributed by atoms with van der Waals surface area (Å²) in [5, 5.41) is 8.99. The van der Waals surface area contributed by atoms with Crippen molar-refractivity contribution in [3.63, 3.8) is 0 Å². The summed E-state index contributed by atoms with van der Waals surface area (Å²) in [4.78, 5) is 24.3. The lowest BCUT2D eigenvalue weighted by Crippen LogP contribution is -2.22. The number of thioether (sulfide) groups is 1. The molecule has 0 amide bonds. The molecule has 0 saturated carbocycles. The van der Waals surface area contributed by atoms with Crippen molar-refractivity contribution < 1.29 is 19.4 Å². The van der Waals surface area contributed by atoms with Crippen molar-refractivity contribution >= 4 is 35.1 Å². The molecule has 0 saturated heterocycles. The molecule has 102 valence electrons. The Morgan fingerprint density at radius 3 is 3.05 bits per heavy atom. The third-order valence-electron chi connectivity index (χ3n) is 2.70. The number of fused-ring (bicyclic) bond motifs is 1. The Hall–Kier alpha value is -1.04. The number of carbonyl (C=O) groups is 2. The summed E-state index contributed by atoms with van der Waals surface area (Å²) < 4.78 is 4.80. The maximum Gasteiger partial charge on any atom is 0.307 e. The fourth-order valence-electron chi connectivity index (χ4n) is 1.88. The van der Waals surface area contributed by atoms with Crippen LogP contribution < -0.4 is 0 Å². The fourth-order valence-corrected chi connectivity index (χ4v) is 3.31. The number of ketones is 1. The lowest BCUT2D eigenvalue weighted by atomic mass is 10.0. The minimum atomic E-state index is -0.392. The first-order valence-corrected chi connectivity index (χ1v) is 7.12. The molecule has 1 atom stereocenters. The highest BCUT2D eigenvalue weighted by atomic mass is 35.5. The van der Waals surface area contributed by atoms with Crippen molar-refractivity contribution in [3.05, 3.63) is 28.8 Å². The molecule has 1 N–H and O–H groups in total. The summed E-state index contributed by atoms with van der Waals surface area (Å²) in [5.41, 5.74) is 0.623. The molecule has 0 aromatic heterocycles. The second-order valence-electron chi connectivity index (χ2n) is 4.16. The number of rotatable bonds is 4. The van der Waals surface area contributed by atoms with Crippen LogP contribution in [0.25, 0.3) is 0 Å². The summed E-state index contributed by atoms with van der Waals surface area (Å²) >= 11 is 7.35. The lowest BCUT2D eigenvalue weighted by Gasteiger charge is -2.22. The van der Waals surface area contributed by atoms with Crippen LogP contribution in [0.2, 0.25) is 5.02 Å². The van der Waals surface area contributed by atoms with E-state index in [2.05, 4.69) is 0 Å². The first-order valence-electron chi connectivity index (χ1n) is 5.86. The second kappa shape index (κ2) is 6.41. The zero-order valence-corrected chi connectivity index (χ0v) is 11.7. The predicted octanol–water partition coefficient (Wildman–Crippen LogP) is 2.31. The third-order valence-corrected chi connectivity index (χ3v) is 4.21. The normalized spacial score (nSPS) is 18.0. The number of esters is 1. The van der Waals surface area contributed by atoms with E-state index >= 15 is 0 Å². The summed E-state index contributed by atoms with van der Waals surface area (Å²) in [7, 11) is 0. The predicted molar refractivity (Wildman–Crippen MR) is 72.7 cm³/mol. The van der Waals surface area contributed by atoms with Crippen LogP contribution in [0.5, 0.6) is 0 Å². The standard InChI is InChI=1S/C13H13ClO4S/c14-8-1-2-12-10(5-8)11(16)6-9(19-12)7-13(17)18-4-3-15/h1-2,5,9,15H,3-4,6-7H2. The molecule has 1 aromatic rings. The number of aliphatic hydroxyl groups is 1. The molecule has 1 aliphatic rings. The van der Waals surface area contributed by atoms with Gasteiger partial charge in [-0.2, -0.15) is 0 Å². The number of benzene rings is 1. The van der Waals surface area contributed by atoms with Crippen LogP contribution in [0, 0.1) is 0 Å². The maximum atomic E-state index is 12.0. The van der Waals surface area contributed by atoms with Crippen LogP contribution in [-0.2, 0) is 9.53 Å². The molecule has 0 radical (unpaired) electrons. The molecule has 0 fully saturated rings. The molecule has 1 aliphatic heterocycles. The van der Waals surface area contributed by atoms with E-state index in [1.165, 1.54) is 11.8 Å². The SMILES string of the molecule is O=C(CC1CC(=O)c2cc(Cl)ccc2S1)OCCO. The van der Waals surface area contributed by atoms with E-state index in [4.69, 9.17) is 21.4 Å². The molecule has 1 aromatic carbocycles. The van der Waals surface area contributed by atoms with E-state index in [0.29, 0.717) is 17.0 Å². The Balaban J connectivity index is 2.03. The van der Waals surface area contributed by atoms with E-state index in [1.54, 1.807) is 18.2 Å². The van der Waals surface area contributed by atoms with Gasteiger partial charge in [-0.25, -0.2) is 0 Å². The molecule has 1 heterocycles. The maximum absolute atomic E-state index is 12.0. The van der Waals surface area contributed by atoms with Gasteiger partial charge < -0.3 is 9.84 Å². The van der Waals surface area contributed by atoms with Crippen LogP contribution in [0.15, 0.2) is 23.1 Å². The Kier molecular flexibility index (Phi) is 4.85. The Labute approximate surface area is 120 Å². The van der Waals surface area contributed by atoms with Gasteiger partial charge in [0.25, 0.3) is 0 Å². The van der Waals surface area contributed by atoms with Gasteiger partial charge in [-0.05, 0) is 18.2 Å². The van der Waals surface area contributed by atoms with Crippen LogP contribution >= 0.6 is 23.4 Å². The highest BCUT2D eigenvalue weighted by Crippen LogP contribution is 2.37. The summed E-state index contributed by atoms with van der Waals surface area (Å²) in [6, 6.07) is 5.19. The van der Waals surface area contributed by atoms with Gasteiger partial charge in [0, 0.05) is 27.2 Å². The van der Waals surface area contributed by atoms with E-state index in [0.717, 1.165) is 4.90 Å².